The Kier molecular flexibility index (Phi) is 27.8. The van der Waals surface area contributed by atoms with Gasteiger partial charge < -0.3 is 41.3 Å². The molecule has 0 fully saturated rings. The maximum absolute atomic E-state index is 11.2. The molecule has 8 N–H and O–H groups in total. The first kappa shape index (κ1) is 74.9. The molecule has 0 radical (unpaired) electrons. The Morgan fingerprint density at radius 3 is 1.60 bits per heavy atom. The van der Waals surface area contributed by atoms with Crippen molar-refractivity contribution in [2.75, 3.05) is 17.7 Å². The first-order valence-corrected chi connectivity index (χ1v) is 33.0. The van der Waals surface area contributed by atoms with Crippen molar-refractivity contribution in [3.05, 3.63) is 285 Å². The summed E-state index contributed by atoms with van der Waals surface area (Å²) < 4.78 is 2.05. The molecule has 97 heavy (non-hydrogen) atoms. The summed E-state index contributed by atoms with van der Waals surface area (Å²) in [5.41, 5.74) is 15.8. The third-order valence-electron chi connectivity index (χ3n) is 14.1. The highest BCUT2D eigenvalue weighted by atomic mass is 127. The van der Waals surface area contributed by atoms with Gasteiger partial charge in [0.05, 0.1) is 38.5 Å². The molecule has 11 rings (SSSR count). The maximum Gasteiger partial charge on any atom is 0.223 e. The Labute approximate surface area is 605 Å². The molecule has 0 aliphatic carbocycles. The first-order valence-electron chi connectivity index (χ1n) is 29.6. The van der Waals surface area contributed by atoms with Crippen molar-refractivity contribution in [1.29, 1.82) is 0 Å². The molecule has 11 aromatic rings. The molecular weight excluding hydrogens is 1480 g/mol. The Morgan fingerprint density at radius 2 is 0.979 bits per heavy atom. The van der Waals surface area contributed by atoms with Gasteiger partial charge in [-0.2, -0.15) is 0 Å². The zero-order valence-corrected chi connectivity index (χ0v) is 60.1. The highest BCUT2D eigenvalue weighted by Crippen LogP contribution is 2.34. The average Bonchev–Trinajstić information content (AvgIpc) is 0.842. The minimum Gasteiger partial charge on any atom is -0.507 e. The number of benzene rings is 11. The molecule has 0 bridgehead atoms. The van der Waals surface area contributed by atoms with Crippen molar-refractivity contribution in [2.45, 2.75) is 40.0 Å². The van der Waals surface area contributed by atoms with Crippen LogP contribution in [0.2, 0.25) is 20.1 Å². The third kappa shape index (κ3) is 23.1. The number of hydrogen-bond donors (Lipinski definition) is 7. The lowest BCUT2D eigenvalue weighted by atomic mass is 9.86. The second-order valence-corrected chi connectivity index (χ2v) is 26.1. The number of phenolic OH excluding ortho intramolecular Hbond substituents is 6. The number of aromatic hydroxyl groups is 6. The van der Waals surface area contributed by atoms with Gasteiger partial charge in [-0.25, -0.2) is 0 Å². The van der Waals surface area contributed by atoms with Crippen molar-refractivity contribution in [1.82, 2.24) is 0 Å². The SMILES string of the molecule is CC(=O)N(C)c1ccc(N=Cc2ccccc2O)cc1.CC(C)(C)c1ccc(O)c(C=Nc2cc(Cl)ccc2O)c1.Cc1ccc(N=Cc2ccccc2O)cc1I.Nc1ccc(N=Cc2c(O)ccc3ccccc23)cc1Cl.Oc1ccc(Br)cc1C=Nc1cc(Cl)ccc1Cl. The predicted molar refractivity (Wildman–Crippen MR) is 416 cm³/mol. The molecule has 0 aliphatic heterocycles. The molecule has 0 saturated carbocycles. The fourth-order valence-electron chi connectivity index (χ4n) is 8.46. The highest BCUT2D eigenvalue weighted by molar-refractivity contribution is 14.1. The quantitative estimate of drug-likeness (QED) is 0.0373. The summed E-state index contributed by atoms with van der Waals surface area (Å²) >= 11 is 29.3. The molecular formula is C77H67BrCl4IN7O7. The highest BCUT2D eigenvalue weighted by Gasteiger charge is 2.15. The number of nitrogens with zero attached hydrogens (tertiary/aromatic N) is 6. The topological polar surface area (TPSA) is 230 Å². The van der Waals surface area contributed by atoms with E-state index in [0.717, 1.165) is 43.4 Å². The van der Waals surface area contributed by atoms with Gasteiger partial charge >= 0.3 is 0 Å². The van der Waals surface area contributed by atoms with Crippen LogP contribution < -0.4 is 10.6 Å². The van der Waals surface area contributed by atoms with Gasteiger partial charge in [-0.3, -0.25) is 29.8 Å². The number of aryl methyl sites for hydroxylation is 1. The van der Waals surface area contributed by atoms with E-state index in [1.165, 1.54) is 34.6 Å². The number of fused-ring (bicyclic) bond motifs is 1. The molecule has 11 aromatic carbocycles. The zero-order chi connectivity index (χ0) is 70.3. The Morgan fingerprint density at radius 1 is 0.485 bits per heavy atom. The van der Waals surface area contributed by atoms with E-state index in [-0.39, 0.29) is 45.8 Å². The molecule has 0 unspecified atom stereocenters. The predicted octanol–water partition coefficient (Wildman–Crippen LogP) is 21.7. The summed E-state index contributed by atoms with van der Waals surface area (Å²) in [4.78, 5) is 34.2. The summed E-state index contributed by atoms with van der Waals surface area (Å²) in [6.45, 7) is 9.89. The summed E-state index contributed by atoms with van der Waals surface area (Å²) in [5, 5.41) is 62.6. The number of nitrogen functional groups attached to an aromatic ring is 1. The molecule has 0 aromatic heterocycles. The van der Waals surface area contributed by atoms with Crippen molar-refractivity contribution >= 4 is 172 Å². The van der Waals surface area contributed by atoms with Crippen LogP contribution in [0.15, 0.2) is 248 Å². The normalized spacial score (nSPS) is 11.2. The van der Waals surface area contributed by atoms with Gasteiger partial charge in [-0.15, -0.1) is 0 Å². The average molecular weight is 1550 g/mol. The zero-order valence-electron chi connectivity index (χ0n) is 53.3. The third-order valence-corrected chi connectivity index (χ3v) is 16.9. The Balaban J connectivity index is 0.000000171. The number of aliphatic imine (C=N–C) groups is 5. The first-order chi connectivity index (χ1) is 46.2. The van der Waals surface area contributed by atoms with E-state index in [4.69, 9.17) is 52.1 Å². The minimum absolute atomic E-state index is 0.0181. The van der Waals surface area contributed by atoms with Gasteiger partial charge in [0.1, 0.15) is 40.2 Å². The summed E-state index contributed by atoms with van der Waals surface area (Å²) in [7, 11) is 1.72. The summed E-state index contributed by atoms with van der Waals surface area (Å²) in [6.07, 6.45) is 7.99. The Hall–Kier alpha value is -9.53. The Bertz CT molecular complexity index is 4660. The van der Waals surface area contributed by atoms with E-state index in [1.54, 1.807) is 140 Å². The van der Waals surface area contributed by atoms with E-state index in [1.807, 2.05) is 103 Å². The van der Waals surface area contributed by atoms with Crippen LogP contribution in [0.3, 0.4) is 0 Å². The van der Waals surface area contributed by atoms with E-state index in [2.05, 4.69) is 91.2 Å². The number of halogens is 6. The van der Waals surface area contributed by atoms with Gasteiger partial charge in [0.2, 0.25) is 5.91 Å². The standard InChI is InChI=1S/C17H13ClN2O.C17H18ClNO2.C16H16N2O2.C14H12INO.C13H8BrCl2NO/c18-15-9-12(6-7-16(15)19)20-10-14-13-4-2-1-3-11(13)5-8-17(14)21;1-17(2,3)12-4-6-15(20)11(8-12)10-19-14-9-13(18)5-7-16(14)21;1-12(19)18(2)15-9-7-14(8-10-15)17-11-13-5-3-4-6-16(13)20;1-10-6-7-12(8-13(10)15)16-9-11-4-2-3-5-14(11)17;14-9-1-4-13(18)8(5-9)7-17-12-6-10(15)2-3-11(12)16/h1-10,21H,19H2;4-10,20-21H,1-3H3;3-11,20H,1-2H3;2-9,17H,1H3;1-7,18H. The van der Waals surface area contributed by atoms with Gasteiger partial charge in [-0.05, 0) is 208 Å². The lowest BCUT2D eigenvalue weighted by molar-refractivity contribution is -0.116. The number of phenols is 6. The van der Waals surface area contributed by atoms with Crippen molar-refractivity contribution < 1.29 is 35.4 Å². The van der Waals surface area contributed by atoms with Crippen molar-refractivity contribution in [2.24, 2.45) is 25.0 Å². The minimum atomic E-state index is -0.0194. The number of carbonyl (C=O) groups is 1. The number of carbonyl (C=O) groups excluding carboxylic acids is 1. The number of amides is 1. The fraction of sp³-hybridized carbons (Fsp3) is 0.0909. The molecule has 1 amide bonds. The number of anilines is 2. The molecule has 0 saturated heterocycles. The van der Waals surface area contributed by atoms with Crippen LogP contribution in [0, 0.1) is 10.5 Å². The second kappa shape index (κ2) is 36.0. The van der Waals surface area contributed by atoms with Crippen LogP contribution in [0.1, 0.15) is 66.6 Å². The molecule has 0 heterocycles. The van der Waals surface area contributed by atoms with Gasteiger partial charge in [0, 0.05) is 96.6 Å². The van der Waals surface area contributed by atoms with Crippen LogP contribution in [0.5, 0.6) is 34.5 Å². The van der Waals surface area contributed by atoms with Crippen LogP contribution in [0.25, 0.3) is 10.8 Å². The number of para-hydroxylation sites is 2. The largest absolute Gasteiger partial charge is 0.507 e. The van der Waals surface area contributed by atoms with Gasteiger partial charge in [0.15, 0.2) is 0 Å². The number of hydrogen-bond acceptors (Lipinski definition) is 13. The maximum atomic E-state index is 11.2. The van der Waals surface area contributed by atoms with Crippen LogP contribution >= 0.6 is 84.9 Å². The van der Waals surface area contributed by atoms with Gasteiger partial charge in [-0.1, -0.05) is 150 Å². The van der Waals surface area contributed by atoms with Crippen molar-refractivity contribution in [3.8, 4) is 34.5 Å². The molecule has 0 spiro atoms. The number of rotatable bonds is 11. The van der Waals surface area contributed by atoms with Crippen LogP contribution in [-0.4, -0.2) is 74.7 Å². The summed E-state index contributed by atoms with van der Waals surface area (Å²) in [6, 6.07) is 64.3. The molecule has 0 aliphatic rings. The second-order valence-electron chi connectivity index (χ2n) is 22.3. The van der Waals surface area contributed by atoms with Crippen molar-refractivity contribution in [3.63, 3.8) is 0 Å². The van der Waals surface area contributed by atoms with Crippen LogP contribution in [0.4, 0.5) is 39.8 Å². The van der Waals surface area contributed by atoms with Gasteiger partial charge in [0.25, 0.3) is 0 Å². The van der Waals surface area contributed by atoms with E-state index in [0.29, 0.717) is 65.1 Å². The van der Waals surface area contributed by atoms with E-state index >= 15 is 0 Å². The molecule has 20 heteroatoms. The molecule has 14 nitrogen and oxygen atoms in total. The van der Waals surface area contributed by atoms with Crippen LogP contribution in [-0.2, 0) is 10.2 Å². The lowest BCUT2D eigenvalue weighted by Crippen LogP contribution is -2.22. The monoisotopic (exact) mass is 1550 g/mol. The summed E-state index contributed by atoms with van der Waals surface area (Å²) in [5.74, 6) is 0.965. The number of nitrogens with two attached hydrogens (primary N) is 1. The lowest BCUT2D eigenvalue weighted by Gasteiger charge is -2.19. The molecule has 0 atom stereocenters. The van der Waals surface area contributed by atoms with E-state index in [9.17, 15) is 35.4 Å². The fourth-order valence-corrected chi connectivity index (χ4v) is 10.0. The molecule has 494 valence electrons. The van der Waals surface area contributed by atoms with E-state index < -0.39 is 0 Å². The smallest absolute Gasteiger partial charge is 0.223 e.